The number of benzene rings is 1. The maximum absolute atomic E-state index is 10.1. The number of nitrogens with zero attached hydrogens (tertiary/aromatic N) is 1. The molecule has 94 valence electrons. The molecule has 0 saturated carbocycles. The van der Waals surface area contributed by atoms with E-state index in [0.29, 0.717) is 5.75 Å². The molecule has 3 heteroatoms. The van der Waals surface area contributed by atoms with Crippen molar-refractivity contribution in [3.05, 3.63) is 27.7 Å². The maximum atomic E-state index is 10.1. The Labute approximate surface area is 112 Å². The highest BCUT2D eigenvalue weighted by molar-refractivity contribution is 9.10. The lowest BCUT2D eigenvalue weighted by Crippen LogP contribution is -2.32. The molecule has 1 aliphatic heterocycles. The van der Waals surface area contributed by atoms with Gasteiger partial charge in [-0.05, 0) is 56.5 Å². The molecule has 1 heterocycles. The number of phenols is 1. The van der Waals surface area contributed by atoms with Gasteiger partial charge in [-0.2, -0.15) is 0 Å². The Morgan fingerprint density at radius 1 is 1.35 bits per heavy atom. The SMILES string of the molecule is Cc1cc(Br)cc(CN2CCC(C)CC2)c1O. The highest BCUT2D eigenvalue weighted by atomic mass is 79.9. The smallest absolute Gasteiger partial charge is 0.123 e. The minimum absolute atomic E-state index is 0.451. The number of halogens is 1. The Kier molecular flexibility index (Phi) is 4.10. The van der Waals surface area contributed by atoms with Gasteiger partial charge < -0.3 is 5.11 Å². The fourth-order valence-electron chi connectivity index (χ4n) is 2.39. The number of likely N-dealkylation sites (tertiary alicyclic amines) is 1. The lowest BCUT2D eigenvalue weighted by atomic mass is 9.98. The number of phenolic OH excluding ortho intramolecular Hbond substituents is 1. The van der Waals surface area contributed by atoms with Crippen LogP contribution in [0.5, 0.6) is 5.75 Å². The molecule has 2 rings (SSSR count). The summed E-state index contributed by atoms with van der Waals surface area (Å²) in [4.78, 5) is 2.43. The Bertz CT molecular complexity index is 397. The van der Waals surface area contributed by atoms with Crippen LogP contribution < -0.4 is 0 Å². The second-order valence-electron chi connectivity index (χ2n) is 5.19. The van der Waals surface area contributed by atoms with Crippen LogP contribution in [0.15, 0.2) is 16.6 Å². The van der Waals surface area contributed by atoms with Crippen molar-refractivity contribution in [3.8, 4) is 5.75 Å². The number of aryl methyl sites for hydroxylation is 1. The van der Waals surface area contributed by atoms with Crippen LogP contribution in [0.4, 0.5) is 0 Å². The third-order valence-electron chi connectivity index (χ3n) is 3.61. The monoisotopic (exact) mass is 297 g/mol. The van der Waals surface area contributed by atoms with Crippen molar-refractivity contribution in [2.24, 2.45) is 5.92 Å². The van der Waals surface area contributed by atoms with Gasteiger partial charge in [-0.15, -0.1) is 0 Å². The summed E-state index contributed by atoms with van der Waals surface area (Å²) < 4.78 is 1.05. The first-order valence-corrected chi connectivity index (χ1v) is 7.06. The molecule has 1 N–H and O–H groups in total. The summed E-state index contributed by atoms with van der Waals surface area (Å²) >= 11 is 3.49. The molecule has 17 heavy (non-hydrogen) atoms. The van der Waals surface area contributed by atoms with E-state index < -0.39 is 0 Å². The molecule has 1 aromatic rings. The van der Waals surface area contributed by atoms with Gasteiger partial charge in [-0.3, -0.25) is 4.90 Å². The van der Waals surface area contributed by atoms with E-state index in [2.05, 4.69) is 27.8 Å². The van der Waals surface area contributed by atoms with Crippen LogP contribution in [-0.4, -0.2) is 23.1 Å². The van der Waals surface area contributed by atoms with Crippen LogP contribution in [0.3, 0.4) is 0 Å². The average molecular weight is 298 g/mol. The fourth-order valence-corrected chi connectivity index (χ4v) is 3.01. The first-order chi connectivity index (χ1) is 8.06. The molecule has 2 nitrogen and oxygen atoms in total. The number of rotatable bonds is 2. The summed E-state index contributed by atoms with van der Waals surface area (Å²) in [5.74, 6) is 1.30. The van der Waals surface area contributed by atoms with Crippen LogP contribution in [0.1, 0.15) is 30.9 Å². The van der Waals surface area contributed by atoms with E-state index in [1.807, 2.05) is 19.1 Å². The molecule has 0 aromatic heterocycles. The van der Waals surface area contributed by atoms with Gasteiger partial charge in [0.1, 0.15) is 5.75 Å². The van der Waals surface area contributed by atoms with E-state index in [1.54, 1.807) is 0 Å². The lowest BCUT2D eigenvalue weighted by molar-refractivity contribution is 0.183. The van der Waals surface area contributed by atoms with E-state index in [-0.39, 0.29) is 0 Å². The largest absolute Gasteiger partial charge is 0.507 e. The molecule has 0 amide bonds. The van der Waals surface area contributed by atoms with Crippen LogP contribution in [0.25, 0.3) is 0 Å². The van der Waals surface area contributed by atoms with Gasteiger partial charge in [0.25, 0.3) is 0 Å². The van der Waals surface area contributed by atoms with Gasteiger partial charge in [-0.25, -0.2) is 0 Å². The normalized spacial score (nSPS) is 18.5. The highest BCUT2D eigenvalue weighted by Crippen LogP contribution is 2.29. The zero-order valence-electron chi connectivity index (χ0n) is 10.5. The van der Waals surface area contributed by atoms with Crippen molar-refractivity contribution < 1.29 is 5.11 Å². The van der Waals surface area contributed by atoms with Gasteiger partial charge in [0.15, 0.2) is 0 Å². The van der Waals surface area contributed by atoms with Crippen molar-refractivity contribution in [1.29, 1.82) is 0 Å². The predicted molar refractivity (Wildman–Crippen MR) is 74.2 cm³/mol. The van der Waals surface area contributed by atoms with Crippen LogP contribution in [0, 0.1) is 12.8 Å². The summed E-state index contributed by atoms with van der Waals surface area (Å²) in [6.45, 7) is 7.41. The summed E-state index contributed by atoms with van der Waals surface area (Å²) in [7, 11) is 0. The molecule has 1 fully saturated rings. The maximum Gasteiger partial charge on any atom is 0.123 e. The van der Waals surface area contributed by atoms with Gasteiger partial charge in [0, 0.05) is 16.6 Å². The molecule has 0 atom stereocenters. The van der Waals surface area contributed by atoms with Crippen LogP contribution in [-0.2, 0) is 6.54 Å². The fraction of sp³-hybridized carbons (Fsp3) is 0.571. The molecule has 1 saturated heterocycles. The Hall–Kier alpha value is -0.540. The van der Waals surface area contributed by atoms with Gasteiger partial charge in [0.2, 0.25) is 0 Å². The topological polar surface area (TPSA) is 23.5 Å². The van der Waals surface area contributed by atoms with Gasteiger partial charge >= 0.3 is 0 Å². The Balaban J connectivity index is 2.08. The number of aromatic hydroxyl groups is 1. The van der Waals surface area contributed by atoms with E-state index in [4.69, 9.17) is 0 Å². The molecular weight excluding hydrogens is 278 g/mol. The molecule has 0 spiro atoms. The molecule has 0 bridgehead atoms. The standard InChI is InChI=1S/C14H20BrNO/c1-10-3-5-16(6-4-10)9-12-8-13(15)7-11(2)14(12)17/h7-8,10,17H,3-6,9H2,1-2H3. The van der Waals surface area contributed by atoms with Crippen molar-refractivity contribution >= 4 is 15.9 Å². The summed E-state index contributed by atoms with van der Waals surface area (Å²) in [6.07, 6.45) is 2.54. The quantitative estimate of drug-likeness (QED) is 0.900. The summed E-state index contributed by atoms with van der Waals surface area (Å²) in [5, 5.41) is 10.1. The highest BCUT2D eigenvalue weighted by Gasteiger charge is 2.17. The van der Waals surface area contributed by atoms with Gasteiger partial charge in [0.05, 0.1) is 0 Å². The van der Waals surface area contributed by atoms with E-state index in [1.165, 1.54) is 12.8 Å². The van der Waals surface area contributed by atoms with Crippen molar-refractivity contribution in [2.45, 2.75) is 33.2 Å². The molecular formula is C14H20BrNO. The van der Waals surface area contributed by atoms with Crippen molar-refractivity contribution in [2.75, 3.05) is 13.1 Å². The third kappa shape index (κ3) is 3.23. The molecule has 0 unspecified atom stereocenters. The van der Waals surface area contributed by atoms with E-state index >= 15 is 0 Å². The van der Waals surface area contributed by atoms with Crippen LogP contribution in [0.2, 0.25) is 0 Å². The predicted octanol–water partition coefficient (Wildman–Crippen LogP) is 3.70. The Morgan fingerprint density at radius 3 is 2.65 bits per heavy atom. The first-order valence-electron chi connectivity index (χ1n) is 6.26. The molecule has 1 aliphatic rings. The summed E-state index contributed by atoms with van der Waals surface area (Å²) in [5.41, 5.74) is 1.98. The minimum Gasteiger partial charge on any atom is -0.507 e. The van der Waals surface area contributed by atoms with Crippen molar-refractivity contribution in [3.63, 3.8) is 0 Å². The average Bonchev–Trinajstić information content (AvgIpc) is 2.28. The Morgan fingerprint density at radius 2 is 2.00 bits per heavy atom. The zero-order chi connectivity index (χ0) is 12.4. The lowest BCUT2D eigenvalue weighted by Gasteiger charge is -2.30. The van der Waals surface area contributed by atoms with Crippen molar-refractivity contribution in [1.82, 2.24) is 4.90 Å². The second-order valence-corrected chi connectivity index (χ2v) is 6.10. The summed E-state index contributed by atoms with van der Waals surface area (Å²) in [6, 6.07) is 3.98. The number of hydrogen-bond donors (Lipinski definition) is 1. The zero-order valence-corrected chi connectivity index (χ0v) is 12.1. The third-order valence-corrected chi connectivity index (χ3v) is 4.07. The minimum atomic E-state index is 0.451. The molecule has 1 aromatic carbocycles. The number of hydrogen-bond acceptors (Lipinski definition) is 2. The van der Waals surface area contributed by atoms with E-state index in [0.717, 1.165) is 41.2 Å². The number of piperidine rings is 1. The van der Waals surface area contributed by atoms with E-state index in [9.17, 15) is 5.11 Å². The first kappa shape index (κ1) is 12.9. The second kappa shape index (κ2) is 5.40. The van der Waals surface area contributed by atoms with Gasteiger partial charge in [-0.1, -0.05) is 22.9 Å². The molecule has 0 aliphatic carbocycles. The van der Waals surface area contributed by atoms with Crippen LogP contribution >= 0.6 is 15.9 Å². The molecule has 0 radical (unpaired) electrons.